The summed E-state index contributed by atoms with van der Waals surface area (Å²) in [5.41, 5.74) is 13.6. The molecule has 5 rings (SSSR count). The van der Waals surface area contributed by atoms with Crippen molar-refractivity contribution in [1.82, 2.24) is 0 Å². The Labute approximate surface area is 240 Å². The number of nitrogens with zero attached hydrogens (tertiary/aromatic N) is 2. The summed E-state index contributed by atoms with van der Waals surface area (Å²) in [6.45, 7) is 7.84. The van der Waals surface area contributed by atoms with E-state index >= 15 is 0 Å². The minimum absolute atomic E-state index is 0.681. The topological polar surface area (TPSA) is 6.48 Å². The molecule has 198 valence electrons. The molecule has 0 aromatic heterocycles. The summed E-state index contributed by atoms with van der Waals surface area (Å²) in [5, 5.41) is 0. The van der Waals surface area contributed by atoms with Crippen molar-refractivity contribution in [3.63, 3.8) is 0 Å². The van der Waals surface area contributed by atoms with E-state index in [1.807, 2.05) is 5.57 Å². The summed E-state index contributed by atoms with van der Waals surface area (Å²) in [4.78, 5) is 4.65. The summed E-state index contributed by atoms with van der Waals surface area (Å²) >= 11 is -1.97. The van der Waals surface area contributed by atoms with Crippen molar-refractivity contribution < 1.29 is 21.4 Å². The molecular formula is C34H45N2ScSi. The van der Waals surface area contributed by atoms with Crippen molar-refractivity contribution in [1.29, 1.82) is 0 Å². The van der Waals surface area contributed by atoms with Crippen LogP contribution in [-0.4, -0.2) is 36.3 Å². The predicted octanol–water partition coefficient (Wildman–Crippen LogP) is 8.54. The molecule has 0 N–H and O–H groups in total. The minimum atomic E-state index is -1.97. The summed E-state index contributed by atoms with van der Waals surface area (Å²) in [6, 6.07) is 27.9. The van der Waals surface area contributed by atoms with Gasteiger partial charge in [0.05, 0.1) is 0 Å². The van der Waals surface area contributed by atoms with Crippen molar-refractivity contribution in [3.05, 3.63) is 101 Å². The molecule has 4 heteroatoms. The third-order valence-corrected chi connectivity index (χ3v) is 17.2. The quantitative estimate of drug-likeness (QED) is 0.258. The average molecular weight is 555 g/mol. The van der Waals surface area contributed by atoms with Crippen molar-refractivity contribution in [2.45, 2.75) is 56.5 Å². The number of para-hydroxylation sites is 2. The molecule has 0 fully saturated rings. The number of benzene rings is 3. The van der Waals surface area contributed by atoms with Gasteiger partial charge in [-0.2, -0.15) is 0 Å². The monoisotopic (exact) mass is 554 g/mol. The molecule has 0 amide bonds. The molecule has 2 atom stereocenters. The molecule has 0 spiro atoms. The van der Waals surface area contributed by atoms with Gasteiger partial charge in [0.25, 0.3) is 0 Å². The van der Waals surface area contributed by atoms with Crippen molar-refractivity contribution >= 4 is 25.0 Å². The van der Waals surface area contributed by atoms with Gasteiger partial charge in [0.15, 0.2) is 0 Å². The number of anilines is 2. The van der Waals surface area contributed by atoms with Crippen LogP contribution in [0.1, 0.15) is 47.1 Å². The van der Waals surface area contributed by atoms with Gasteiger partial charge in [0, 0.05) is 0 Å². The van der Waals surface area contributed by atoms with E-state index in [1.165, 1.54) is 39.0 Å². The van der Waals surface area contributed by atoms with Gasteiger partial charge in [-0.1, -0.05) is 0 Å². The first-order chi connectivity index (χ1) is 18.2. The maximum atomic E-state index is 2.61. The number of hydrogen-bond donors (Lipinski definition) is 0. The molecule has 0 saturated carbocycles. The van der Waals surface area contributed by atoms with Gasteiger partial charge in [-0.05, 0) is 0 Å². The Hall–Kier alpha value is -1.91. The van der Waals surface area contributed by atoms with Gasteiger partial charge in [0.2, 0.25) is 0 Å². The molecular weight excluding hydrogens is 509 g/mol. The van der Waals surface area contributed by atoms with Crippen LogP contribution in [0.15, 0.2) is 78.4 Å². The third kappa shape index (κ3) is 5.41. The van der Waals surface area contributed by atoms with Crippen LogP contribution in [0.4, 0.5) is 11.4 Å². The molecule has 2 nitrogen and oxygen atoms in total. The van der Waals surface area contributed by atoms with Gasteiger partial charge in [-0.15, -0.1) is 0 Å². The Morgan fingerprint density at radius 2 is 1.26 bits per heavy atom. The zero-order valence-electron chi connectivity index (χ0n) is 24.6. The van der Waals surface area contributed by atoms with E-state index in [2.05, 4.69) is 130 Å². The van der Waals surface area contributed by atoms with E-state index in [0.717, 1.165) is 3.67 Å². The van der Waals surface area contributed by atoms with Crippen LogP contribution in [0.5, 0.6) is 0 Å². The van der Waals surface area contributed by atoms with E-state index in [9.17, 15) is 0 Å². The zero-order chi connectivity index (χ0) is 27.0. The summed E-state index contributed by atoms with van der Waals surface area (Å²) in [6.07, 6.45) is 4.02. The van der Waals surface area contributed by atoms with Gasteiger partial charge in [-0.25, -0.2) is 0 Å². The van der Waals surface area contributed by atoms with Crippen molar-refractivity contribution in [2.75, 3.05) is 38.0 Å². The second-order valence-corrected chi connectivity index (χ2v) is 23.2. The Bertz CT molecular complexity index is 1270. The molecule has 0 aliphatic heterocycles. The Morgan fingerprint density at radius 3 is 1.82 bits per heavy atom. The van der Waals surface area contributed by atoms with E-state index in [1.54, 1.807) is 27.8 Å². The normalized spacial score (nSPS) is 18.7. The predicted molar refractivity (Wildman–Crippen MR) is 166 cm³/mol. The first kappa shape index (κ1) is 27.6. The second kappa shape index (κ2) is 11.3. The van der Waals surface area contributed by atoms with Crippen LogP contribution in [0.2, 0.25) is 23.3 Å². The average Bonchev–Trinajstić information content (AvgIpc) is 3.24. The number of allylic oxidation sites excluding steroid dienone is 2. The van der Waals surface area contributed by atoms with Crippen LogP contribution < -0.4 is 9.80 Å². The molecule has 3 aromatic rings. The Kier molecular flexibility index (Phi) is 8.22. The van der Waals surface area contributed by atoms with Crippen LogP contribution in [-0.2, 0) is 29.8 Å². The first-order valence-electron chi connectivity index (χ1n) is 14.5. The fourth-order valence-corrected chi connectivity index (χ4v) is 16.8. The number of fused-ring (bicyclic) bond motifs is 2. The van der Waals surface area contributed by atoms with E-state index in [4.69, 9.17) is 0 Å². The van der Waals surface area contributed by atoms with Crippen LogP contribution >= 0.6 is 0 Å². The number of rotatable bonds is 8. The summed E-state index contributed by atoms with van der Waals surface area (Å²) in [5.74, 6) is 0. The first-order valence-corrected chi connectivity index (χ1v) is 21.7. The van der Waals surface area contributed by atoms with E-state index < -0.39 is 29.5 Å². The maximum absolute atomic E-state index is 2.61. The molecule has 2 aliphatic carbocycles. The Morgan fingerprint density at radius 1 is 0.737 bits per heavy atom. The van der Waals surface area contributed by atoms with E-state index in [-0.39, 0.29) is 0 Å². The molecule has 0 saturated heterocycles. The molecule has 2 aliphatic rings. The van der Waals surface area contributed by atoms with Crippen LogP contribution in [0.3, 0.4) is 0 Å². The van der Waals surface area contributed by atoms with E-state index in [0.29, 0.717) is 5.54 Å². The van der Waals surface area contributed by atoms with Gasteiger partial charge in [0.1, 0.15) is 0 Å². The van der Waals surface area contributed by atoms with Crippen LogP contribution in [0.25, 0.3) is 5.57 Å². The van der Waals surface area contributed by atoms with Crippen molar-refractivity contribution in [3.8, 4) is 0 Å². The van der Waals surface area contributed by atoms with Crippen molar-refractivity contribution in [2.24, 2.45) is 0 Å². The summed E-state index contributed by atoms with van der Waals surface area (Å²) < 4.78 is 3.42. The molecule has 2 unspecified atom stereocenters. The van der Waals surface area contributed by atoms with Gasteiger partial charge >= 0.3 is 242 Å². The molecule has 0 radical (unpaired) electrons. The molecule has 0 heterocycles. The molecule has 38 heavy (non-hydrogen) atoms. The molecule has 3 aromatic carbocycles. The standard InChI is InChI=1S/C16H21Si.2C9H12N.Sc/c1-17(2,3)16-14-10-6-4-8-12(14)13-9-5-7-11-15(13)16;2*1-8-6-4-5-7-9(8)10(2)3;/h4,6,8,10-11,16H,5,7,9H2,1-3H3;2*4-7H,1H2,2-3H3;. The summed E-state index contributed by atoms with van der Waals surface area (Å²) in [7, 11) is 7.37. The Balaban J connectivity index is 1.63. The SMILES string of the molecule is CN(C)c1ccccc1[CH2][Sc]([CH2]c1ccccc1N(C)C)[CH]1CCCC2=C1C([Si](C)(C)C)c1ccccc12. The second-order valence-electron chi connectivity index (χ2n) is 13.0. The zero-order valence-corrected chi connectivity index (χ0v) is 27.4. The fourth-order valence-electron chi connectivity index (χ4n) is 7.48. The third-order valence-electron chi connectivity index (χ3n) is 8.94. The van der Waals surface area contributed by atoms with Gasteiger partial charge in [-0.3, -0.25) is 0 Å². The molecule has 0 bridgehead atoms. The van der Waals surface area contributed by atoms with Gasteiger partial charge < -0.3 is 0 Å². The number of hydrogen-bond acceptors (Lipinski definition) is 2. The van der Waals surface area contributed by atoms with Crippen LogP contribution in [0, 0.1) is 0 Å². The fraction of sp³-hybridized carbons (Fsp3) is 0.412.